The van der Waals surface area contributed by atoms with Crippen LogP contribution in [-0.2, 0) is 4.79 Å². The molecular formula is C13H18N2O2S. The topological polar surface area (TPSA) is 53.4 Å². The molecule has 1 unspecified atom stereocenters. The van der Waals surface area contributed by atoms with Crippen LogP contribution in [0.4, 0.5) is 0 Å². The highest BCUT2D eigenvalue weighted by Gasteiger charge is 2.23. The van der Waals surface area contributed by atoms with Crippen LogP contribution >= 0.6 is 11.3 Å². The maximum atomic E-state index is 10.5. The Labute approximate surface area is 111 Å². The fraction of sp³-hybridized carbons (Fsp3) is 0.538. The number of likely N-dealkylation sites (tertiary alicyclic amines) is 1. The molecule has 1 fully saturated rings. The Hall–Kier alpha value is -1.20. The van der Waals surface area contributed by atoms with Gasteiger partial charge in [0.2, 0.25) is 0 Å². The summed E-state index contributed by atoms with van der Waals surface area (Å²) in [6.45, 7) is 4.28. The van der Waals surface area contributed by atoms with Crippen LogP contribution in [0.1, 0.15) is 34.3 Å². The molecule has 0 aliphatic carbocycles. The molecule has 0 bridgehead atoms. The number of hydrogen-bond donors (Lipinski definition) is 1. The van der Waals surface area contributed by atoms with Crippen molar-refractivity contribution < 1.29 is 9.90 Å². The van der Waals surface area contributed by atoms with Crippen molar-refractivity contribution in [3.8, 4) is 0 Å². The minimum absolute atomic E-state index is 0.493. The number of thiazole rings is 1. The molecule has 0 radical (unpaired) electrons. The summed E-state index contributed by atoms with van der Waals surface area (Å²) < 4.78 is 0. The lowest BCUT2D eigenvalue weighted by Gasteiger charge is -2.29. The third-order valence-corrected chi connectivity index (χ3v) is 4.18. The van der Waals surface area contributed by atoms with E-state index in [1.54, 1.807) is 17.4 Å². The van der Waals surface area contributed by atoms with Crippen molar-refractivity contribution >= 4 is 23.4 Å². The molecule has 0 spiro atoms. The molecule has 1 atom stereocenters. The van der Waals surface area contributed by atoms with Gasteiger partial charge in [0, 0.05) is 23.4 Å². The Morgan fingerprint density at radius 2 is 2.39 bits per heavy atom. The fourth-order valence-electron chi connectivity index (χ4n) is 2.41. The first-order valence-corrected chi connectivity index (χ1v) is 6.95. The fourth-order valence-corrected chi connectivity index (χ4v) is 3.32. The quantitative estimate of drug-likeness (QED) is 0.853. The maximum absolute atomic E-state index is 10.5. The van der Waals surface area contributed by atoms with Crippen LogP contribution in [0, 0.1) is 6.92 Å². The molecule has 1 aliphatic heterocycles. The van der Waals surface area contributed by atoms with E-state index in [0.29, 0.717) is 5.92 Å². The summed E-state index contributed by atoms with van der Waals surface area (Å²) in [6.07, 6.45) is 5.11. The van der Waals surface area contributed by atoms with Gasteiger partial charge in [0.25, 0.3) is 0 Å². The number of carbonyl (C=O) groups is 1. The largest absolute Gasteiger partial charge is 0.478 e. The molecule has 2 rings (SSSR count). The number of likely N-dealkylation sites (N-methyl/N-ethyl adjacent to an activating group) is 1. The van der Waals surface area contributed by atoms with Gasteiger partial charge in [-0.2, -0.15) is 0 Å². The van der Waals surface area contributed by atoms with Gasteiger partial charge in [-0.05, 0) is 39.4 Å². The summed E-state index contributed by atoms with van der Waals surface area (Å²) >= 11 is 1.57. The van der Waals surface area contributed by atoms with Gasteiger partial charge < -0.3 is 10.0 Å². The molecule has 4 nitrogen and oxygen atoms in total. The summed E-state index contributed by atoms with van der Waals surface area (Å²) in [5.74, 6) is -0.436. The number of nitrogens with zero attached hydrogens (tertiary/aromatic N) is 2. The summed E-state index contributed by atoms with van der Waals surface area (Å²) in [5, 5.41) is 9.41. The van der Waals surface area contributed by atoms with E-state index in [1.807, 2.05) is 0 Å². The zero-order valence-electron chi connectivity index (χ0n) is 10.7. The lowest BCUT2D eigenvalue weighted by molar-refractivity contribution is -0.131. The lowest BCUT2D eigenvalue weighted by atomic mass is 9.94. The lowest BCUT2D eigenvalue weighted by Crippen LogP contribution is -2.31. The monoisotopic (exact) mass is 266 g/mol. The minimum Gasteiger partial charge on any atom is -0.478 e. The maximum Gasteiger partial charge on any atom is 0.328 e. The number of rotatable bonds is 3. The Kier molecular flexibility index (Phi) is 4.14. The van der Waals surface area contributed by atoms with Gasteiger partial charge >= 0.3 is 5.97 Å². The molecule has 5 heteroatoms. The van der Waals surface area contributed by atoms with E-state index < -0.39 is 5.97 Å². The molecule has 0 aromatic carbocycles. The van der Waals surface area contributed by atoms with Crippen LogP contribution in [-0.4, -0.2) is 41.1 Å². The van der Waals surface area contributed by atoms with E-state index in [1.165, 1.54) is 17.7 Å². The van der Waals surface area contributed by atoms with Crippen molar-refractivity contribution in [2.75, 3.05) is 20.1 Å². The van der Waals surface area contributed by atoms with Crippen LogP contribution in [0.3, 0.4) is 0 Å². The second-order valence-electron chi connectivity index (χ2n) is 4.77. The Morgan fingerprint density at radius 1 is 1.61 bits per heavy atom. The molecule has 1 saturated heterocycles. The van der Waals surface area contributed by atoms with Crippen molar-refractivity contribution in [1.82, 2.24) is 9.88 Å². The number of carboxylic acid groups (broad SMARTS) is 1. The molecular weight excluding hydrogens is 248 g/mol. The number of aryl methyl sites for hydroxylation is 1. The molecule has 98 valence electrons. The average Bonchev–Trinajstić information content (AvgIpc) is 2.68. The van der Waals surface area contributed by atoms with Crippen molar-refractivity contribution in [3.05, 3.63) is 21.7 Å². The van der Waals surface area contributed by atoms with Gasteiger partial charge in [0.15, 0.2) is 0 Å². The van der Waals surface area contributed by atoms with Crippen molar-refractivity contribution in [1.29, 1.82) is 0 Å². The molecule has 0 amide bonds. The molecule has 1 aromatic rings. The summed E-state index contributed by atoms with van der Waals surface area (Å²) in [7, 11) is 2.14. The standard InChI is InChI=1S/C13H18N2O2S/c1-9-13(10-4-3-7-15(2)8-10)14-11(18-9)5-6-12(16)17/h5-6,10H,3-4,7-8H2,1-2H3,(H,16,17)/b6-5+. The highest BCUT2D eigenvalue weighted by Crippen LogP contribution is 2.31. The Bertz CT molecular complexity index is 468. The molecule has 0 saturated carbocycles. The van der Waals surface area contributed by atoms with E-state index in [-0.39, 0.29) is 0 Å². The summed E-state index contributed by atoms with van der Waals surface area (Å²) in [5.41, 5.74) is 1.15. The van der Waals surface area contributed by atoms with E-state index >= 15 is 0 Å². The average molecular weight is 266 g/mol. The van der Waals surface area contributed by atoms with E-state index in [0.717, 1.165) is 29.9 Å². The first kappa shape index (κ1) is 13.2. The van der Waals surface area contributed by atoms with E-state index in [4.69, 9.17) is 5.11 Å². The number of carboxylic acids is 1. The van der Waals surface area contributed by atoms with Gasteiger partial charge in [-0.25, -0.2) is 9.78 Å². The van der Waals surface area contributed by atoms with Gasteiger partial charge in [0.05, 0.1) is 5.69 Å². The van der Waals surface area contributed by atoms with Crippen molar-refractivity contribution in [3.63, 3.8) is 0 Å². The van der Waals surface area contributed by atoms with Crippen LogP contribution in [0.2, 0.25) is 0 Å². The molecule has 1 aromatic heterocycles. The second kappa shape index (κ2) is 5.63. The minimum atomic E-state index is -0.929. The SMILES string of the molecule is Cc1sc(/C=C/C(=O)O)nc1C1CCCN(C)C1. The van der Waals surface area contributed by atoms with Crippen LogP contribution in [0.15, 0.2) is 6.08 Å². The normalized spacial score (nSPS) is 21.6. The number of piperidine rings is 1. The second-order valence-corrected chi connectivity index (χ2v) is 6.00. The molecule has 1 N–H and O–H groups in total. The predicted octanol–water partition coefficient (Wildman–Crippen LogP) is 2.36. The third kappa shape index (κ3) is 3.17. The van der Waals surface area contributed by atoms with E-state index in [2.05, 4.69) is 23.9 Å². The van der Waals surface area contributed by atoms with Crippen LogP contribution < -0.4 is 0 Å². The first-order valence-electron chi connectivity index (χ1n) is 6.13. The Morgan fingerprint density at radius 3 is 3.06 bits per heavy atom. The first-order chi connectivity index (χ1) is 8.56. The zero-order chi connectivity index (χ0) is 13.1. The van der Waals surface area contributed by atoms with Crippen molar-refractivity contribution in [2.24, 2.45) is 0 Å². The Balaban J connectivity index is 2.15. The van der Waals surface area contributed by atoms with Crippen molar-refractivity contribution in [2.45, 2.75) is 25.7 Å². The number of aliphatic carboxylic acids is 1. The number of aromatic nitrogens is 1. The van der Waals surface area contributed by atoms with Gasteiger partial charge in [-0.15, -0.1) is 11.3 Å². The van der Waals surface area contributed by atoms with Crippen LogP contribution in [0.5, 0.6) is 0 Å². The van der Waals surface area contributed by atoms with Gasteiger partial charge in [-0.1, -0.05) is 0 Å². The predicted molar refractivity (Wildman–Crippen MR) is 73.0 cm³/mol. The summed E-state index contributed by atoms with van der Waals surface area (Å²) in [6, 6.07) is 0. The summed E-state index contributed by atoms with van der Waals surface area (Å²) in [4.78, 5) is 18.6. The third-order valence-electron chi connectivity index (χ3n) is 3.23. The van der Waals surface area contributed by atoms with E-state index in [9.17, 15) is 4.79 Å². The number of hydrogen-bond acceptors (Lipinski definition) is 4. The van der Waals surface area contributed by atoms with Gasteiger partial charge in [-0.3, -0.25) is 0 Å². The molecule has 1 aliphatic rings. The molecule has 18 heavy (non-hydrogen) atoms. The highest BCUT2D eigenvalue weighted by molar-refractivity contribution is 7.12. The van der Waals surface area contributed by atoms with Gasteiger partial charge in [0.1, 0.15) is 5.01 Å². The smallest absolute Gasteiger partial charge is 0.328 e. The van der Waals surface area contributed by atoms with Crippen LogP contribution in [0.25, 0.3) is 6.08 Å². The highest BCUT2D eigenvalue weighted by atomic mass is 32.1. The zero-order valence-corrected chi connectivity index (χ0v) is 11.5. The molecule has 2 heterocycles.